The summed E-state index contributed by atoms with van der Waals surface area (Å²) in [7, 11) is 0. The minimum Gasteiger partial charge on any atom is -0.263 e. The second kappa shape index (κ2) is 15.5. The molecule has 0 atom stereocenters. The average molecular weight is 869 g/mol. The van der Waals surface area contributed by atoms with Crippen molar-refractivity contribution >= 4 is 85.8 Å². The molecule has 5 heteroatoms. The van der Waals surface area contributed by atoms with Crippen LogP contribution in [0.3, 0.4) is 0 Å². The van der Waals surface area contributed by atoms with E-state index in [1.54, 1.807) is 0 Å². The molecule has 3 aliphatic rings. The van der Waals surface area contributed by atoms with Crippen LogP contribution in [0.2, 0.25) is 0 Å². The van der Waals surface area contributed by atoms with Crippen LogP contribution in [0.1, 0.15) is 22.3 Å². The molecule has 0 radical (unpaired) electrons. The minimum absolute atomic E-state index is 0.0520. The van der Waals surface area contributed by atoms with E-state index in [1.165, 1.54) is 66.6 Å². The van der Waals surface area contributed by atoms with Gasteiger partial charge in [-0.05, 0) is 134 Å². The van der Waals surface area contributed by atoms with Gasteiger partial charge in [0.1, 0.15) is 0 Å². The first-order valence-corrected chi connectivity index (χ1v) is 23.8. The van der Waals surface area contributed by atoms with Crippen LogP contribution in [0.5, 0.6) is 0 Å². The maximum absolute atomic E-state index is 16.4. The number of urea groups is 1. The molecule has 0 unspecified atom stereocenters. The lowest BCUT2D eigenvalue weighted by Gasteiger charge is -2.47. The number of rotatable bonds is 6. The fourth-order valence-electron chi connectivity index (χ4n) is 11.8. The number of fused-ring (bicyclic) bond motifs is 4. The molecule has 3 aliphatic heterocycles. The molecular formula is C63H46B2N2O. The SMILES string of the molecule is Cc1cc2c(cc1C)N1C(=O)N3c4cc(C)c(C)cc4B(c4c(-c5ccccc5)cccc4-c4ccccc4)c4ccc5ccc(c1c5c43)B2c1c(-c2ccccc2)cccc1-c1ccccc1. The summed E-state index contributed by atoms with van der Waals surface area (Å²) >= 11 is 0. The van der Waals surface area contributed by atoms with Crippen molar-refractivity contribution in [1.82, 2.24) is 0 Å². The molecule has 0 N–H and O–H groups in total. The van der Waals surface area contributed by atoms with E-state index >= 15 is 4.79 Å². The molecule has 0 bridgehead atoms. The number of nitrogens with zero attached hydrogens (tertiary/aromatic N) is 2. The van der Waals surface area contributed by atoms with Gasteiger partial charge in [-0.3, -0.25) is 9.80 Å². The Morgan fingerprint density at radius 1 is 0.338 bits per heavy atom. The van der Waals surface area contributed by atoms with Gasteiger partial charge in [0.25, 0.3) is 0 Å². The van der Waals surface area contributed by atoms with Gasteiger partial charge in [-0.1, -0.05) is 205 Å². The van der Waals surface area contributed by atoms with E-state index in [0.29, 0.717) is 0 Å². The molecule has 3 nitrogen and oxygen atoms in total. The molecule has 320 valence electrons. The van der Waals surface area contributed by atoms with E-state index in [4.69, 9.17) is 0 Å². The number of hydrogen-bond acceptors (Lipinski definition) is 1. The summed E-state index contributed by atoms with van der Waals surface area (Å²) in [6.45, 7) is 8.37. The highest BCUT2D eigenvalue weighted by molar-refractivity contribution is 7.01. The van der Waals surface area contributed by atoms with Crippen molar-refractivity contribution in [2.75, 3.05) is 9.80 Å². The van der Waals surface area contributed by atoms with Crippen LogP contribution in [0, 0.1) is 27.7 Å². The maximum Gasteiger partial charge on any atom is 0.338 e. The minimum atomic E-state index is -0.193. The third-order valence-corrected chi connectivity index (χ3v) is 15.2. The second-order valence-corrected chi connectivity index (χ2v) is 18.9. The Morgan fingerprint density at radius 3 is 1.00 bits per heavy atom. The first-order chi connectivity index (χ1) is 33.4. The first kappa shape index (κ1) is 40.2. The summed E-state index contributed by atoms with van der Waals surface area (Å²) < 4.78 is 0. The summed E-state index contributed by atoms with van der Waals surface area (Å²) in [5.41, 5.74) is 25.0. The molecule has 0 aliphatic carbocycles. The Balaban J connectivity index is 1.17. The van der Waals surface area contributed by atoms with Crippen LogP contribution in [-0.2, 0) is 0 Å². The molecule has 0 fully saturated rings. The molecule has 2 amide bonds. The monoisotopic (exact) mass is 868 g/mol. The standard InChI is InChI=1S/C63H46B2N2O/c1-39-35-54-56(37-41(39)3)66-61-52(64(54)59-48(43-19-9-5-10-20-43)27-17-28-49(59)44-21-11-6-12-22-44)33-31-47-32-34-53-62(58(47)61)67(63(66)68)57-38-42(4)40(2)36-55(57)65(53)60-50(45-23-13-7-14-24-45)29-18-30-51(60)46-25-15-8-16-26-46/h5-38H,1-4H3. The van der Waals surface area contributed by atoms with Gasteiger partial charge in [0.2, 0.25) is 13.4 Å². The number of amides is 2. The van der Waals surface area contributed by atoms with Crippen molar-refractivity contribution in [2.24, 2.45) is 0 Å². The van der Waals surface area contributed by atoms with Crippen molar-refractivity contribution in [3.05, 3.63) is 229 Å². The zero-order valence-electron chi connectivity index (χ0n) is 38.6. The molecule has 0 saturated carbocycles. The second-order valence-electron chi connectivity index (χ2n) is 18.9. The largest absolute Gasteiger partial charge is 0.338 e. The van der Waals surface area contributed by atoms with Gasteiger partial charge in [-0.15, -0.1) is 0 Å². The summed E-state index contributed by atoms with van der Waals surface area (Å²) in [5, 5.41) is 2.22. The van der Waals surface area contributed by atoms with Gasteiger partial charge in [-0.25, -0.2) is 4.79 Å². The van der Waals surface area contributed by atoms with Crippen molar-refractivity contribution < 1.29 is 4.79 Å². The molecule has 10 aromatic rings. The van der Waals surface area contributed by atoms with Crippen molar-refractivity contribution in [3.63, 3.8) is 0 Å². The number of carbonyl (C=O) groups excluding carboxylic acids is 1. The molecule has 3 heterocycles. The van der Waals surface area contributed by atoms with Crippen molar-refractivity contribution in [3.8, 4) is 44.5 Å². The van der Waals surface area contributed by atoms with Gasteiger partial charge in [0.15, 0.2) is 0 Å². The fraction of sp³-hybridized carbons (Fsp3) is 0.0635. The quantitative estimate of drug-likeness (QED) is 0.153. The van der Waals surface area contributed by atoms with Gasteiger partial charge in [0, 0.05) is 16.8 Å². The lowest BCUT2D eigenvalue weighted by atomic mass is 9.32. The summed E-state index contributed by atoms with van der Waals surface area (Å²) in [6, 6.07) is 75.2. The van der Waals surface area contributed by atoms with Crippen molar-refractivity contribution in [1.29, 1.82) is 0 Å². The molecule has 0 saturated heterocycles. The fourth-order valence-corrected chi connectivity index (χ4v) is 11.8. The van der Waals surface area contributed by atoms with Gasteiger partial charge in [-0.2, -0.15) is 0 Å². The maximum atomic E-state index is 16.4. The number of hydrogen-bond donors (Lipinski definition) is 0. The van der Waals surface area contributed by atoms with Gasteiger partial charge in [0.05, 0.1) is 11.4 Å². The van der Waals surface area contributed by atoms with Crippen LogP contribution in [0.15, 0.2) is 206 Å². The number of benzene rings is 10. The highest BCUT2D eigenvalue weighted by atomic mass is 16.2. The smallest absolute Gasteiger partial charge is 0.263 e. The molecule has 13 rings (SSSR count). The molecular weight excluding hydrogens is 822 g/mol. The Labute approximate surface area is 399 Å². The topological polar surface area (TPSA) is 23.6 Å². The van der Waals surface area contributed by atoms with Crippen LogP contribution < -0.4 is 42.6 Å². The highest BCUT2D eigenvalue weighted by Crippen LogP contribution is 2.48. The van der Waals surface area contributed by atoms with Crippen LogP contribution >= 0.6 is 0 Å². The highest BCUT2D eigenvalue weighted by Gasteiger charge is 2.49. The lowest BCUT2D eigenvalue weighted by Crippen LogP contribution is -2.65. The first-order valence-electron chi connectivity index (χ1n) is 23.8. The summed E-state index contributed by atoms with van der Waals surface area (Å²) in [6.07, 6.45) is 0. The Hall–Kier alpha value is -8.14. The summed E-state index contributed by atoms with van der Waals surface area (Å²) in [5.74, 6) is 0. The van der Waals surface area contributed by atoms with Gasteiger partial charge >= 0.3 is 6.03 Å². The van der Waals surface area contributed by atoms with Crippen LogP contribution in [0.25, 0.3) is 55.3 Å². The molecule has 0 spiro atoms. The van der Waals surface area contributed by atoms with Crippen LogP contribution in [-0.4, -0.2) is 19.5 Å². The number of aryl methyl sites for hydroxylation is 4. The van der Waals surface area contributed by atoms with Gasteiger partial charge < -0.3 is 0 Å². The van der Waals surface area contributed by atoms with E-state index in [2.05, 4.69) is 244 Å². The Kier molecular flexibility index (Phi) is 9.14. The zero-order chi connectivity index (χ0) is 45.8. The van der Waals surface area contributed by atoms with Crippen LogP contribution in [0.4, 0.5) is 27.5 Å². The Bertz CT molecular complexity index is 3350. The van der Waals surface area contributed by atoms with E-state index in [0.717, 1.165) is 66.5 Å². The number of carbonyl (C=O) groups is 1. The predicted molar refractivity (Wildman–Crippen MR) is 289 cm³/mol. The zero-order valence-corrected chi connectivity index (χ0v) is 38.6. The third kappa shape index (κ3) is 5.91. The predicted octanol–water partition coefficient (Wildman–Crippen LogP) is 11.8. The summed E-state index contributed by atoms with van der Waals surface area (Å²) in [4.78, 5) is 20.5. The molecule has 10 aromatic carbocycles. The number of anilines is 4. The van der Waals surface area contributed by atoms with E-state index < -0.39 is 0 Å². The normalized spacial score (nSPS) is 13.2. The van der Waals surface area contributed by atoms with E-state index in [-0.39, 0.29) is 19.5 Å². The lowest BCUT2D eigenvalue weighted by molar-refractivity contribution is 0.255. The van der Waals surface area contributed by atoms with E-state index in [9.17, 15) is 0 Å². The van der Waals surface area contributed by atoms with Crippen molar-refractivity contribution in [2.45, 2.75) is 27.7 Å². The average Bonchev–Trinajstić information content (AvgIpc) is 3.38. The third-order valence-electron chi connectivity index (χ3n) is 15.2. The Morgan fingerprint density at radius 2 is 0.662 bits per heavy atom. The molecule has 68 heavy (non-hydrogen) atoms. The molecule has 0 aromatic heterocycles. The van der Waals surface area contributed by atoms with E-state index in [1.807, 2.05) is 0 Å².